The molecule has 1 saturated heterocycles. The molecule has 2 fully saturated rings. The smallest absolute Gasteiger partial charge is 0.134 e. The van der Waals surface area contributed by atoms with Crippen LogP contribution in [0.3, 0.4) is 0 Å². The van der Waals surface area contributed by atoms with Crippen LogP contribution in [0.15, 0.2) is 6.07 Å². The van der Waals surface area contributed by atoms with Crippen LogP contribution in [0.5, 0.6) is 0 Å². The van der Waals surface area contributed by atoms with Crippen molar-refractivity contribution in [2.45, 2.75) is 57.5 Å². The van der Waals surface area contributed by atoms with Gasteiger partial charge in [0, 0.05) is 36.3 Å². The highest BCUT2D eigenvalue weighted by Crippen LogP contribution is 2.36. The normalized spacial score (nSPS) is 27.1. The van der Waals surface area contributed by atoms with E-state index < -0.39 is 0 Å². The lowest BCUT2D eigenvalue weighted by Crippen LogP contribution is -2.40. The second-order valence-corrected chi connectivity index (χ2v) is 6.61. The zero-order chi connectivity index (χ0) is 14.3. The number of anilines is 1. The summed E-state index contributed by atoms with van der Waals surface area (Å²) in [6, 6.07) is 3.29. The molecule has 4 heteroatoms. The maximum Gasteiger partial charge on any atom is 0.134 e. The first-order valence-electron chi connectivity index (χ1n) is 7.85. The highest BCUT2D eigenvalue weighted by molar-refractivity contribution is 5.43. The van der Waals surface area contributed by atoms with Gasteiger partial charge in [-0.05, 0) is 47.2 Å². The van der Waals surface area contributed by atoms with Crippen LogP contribution in [0.2, 0.25) is 0 Å². The third-order valence-electron chi connectivity index (χ3n) is 5.00. The molecule has 1 aliphatic heterocycles. The van der Waals surface area contributed by atoms with Gasteiger partial charge in [0.05, 0.1) is 0 Å². The molecule has 0 amide bonds. The van der Waals surface area contributed by atoms with Crippen molar-refractivity contribution in [3.63, 3.8) is 0 Å². The van der Waals surface area contributed by atoms with Crippen molar-refractivity contribution in [3.05, 3.63) is 17.6 Å². The molecule has 4 nitrogen and oxygen atoms in total. The number of aryl methyl sites for hydroxylation is 1. The zero-order valence-electron chi connectivity index (χ0n) is 13.1. The van der Waals surface area contributed by atoms with E-state index in [4.69, 9.17) is 4.98 Å². The molecule has 3 rings (SSSR count). The first-order valence-corrected chi connectivity index (χ1v) is 7.85. The van der Waals surface area contributed by atoms with Crippen molar-refractivity contribution >= 4 is 5.82 Å². The second-order valence-electron chi connectivity index (χ2n) is 6.61. The largest absolute Gasteiger partial charge is 0.352 e. The molecule has 20 heavy (non-hydrogen) atoms. The monoisotopic (exact) mass is 274 g/mol. The van der Waals surface area contributed by atoms with Gasteiger partial charge >= 0.3 is 0 Å². The van der Waals surface area contributed by atoms with Crippen LogP contribution in [0, 0.1) is 6.92 Å². The number of rotatable bonds is 3. The van der Waals surface area contributed by atoms with Crippen molar-refractivity contribution in [3.8, 4) is 0 Å². The summed E-state index contributed by atoms with van der Waals surface area (Å²) >= 11 is 0. The molecule has 0 radical (unpaired) electrons. The van der Waals surface area contributed by atoms with Crippen molar-refractivity contribution in [2.75, 3.05) is 25.5 Å². The molecule has 1 saturated carbocycles. The van der Waals surface area contributed by atoms with Gasteiger partial charge in [0.1, 0.15) is 11.6 Å². The lowest BCUT2D eigenvalue weighted by atomic mass is 9.85. The fraction of sp³-hybridized carbons (Fsp3) is 0.750. The van der Waals surface area contributed by atoms with Crippen molar-refractivity contribution in [1.29, 1.82) is 0 Å². The summed E-state index contributed by atoms with van der Waals surface area (Å²) in [6.45, 7) is 5.51. The quantitative estimate of drug-likeness (QED) is 0.848. The minimum atomic E-state index is 0.522. The van der Waals surface area contributed by atoms with E-state index in [1.54, 1.807) is 0 Å². The van der Waals surface area contributed by atoms with Crippen LogP contribution >= 0.6 is 0 Å². The molecule has 2 unspecified atom stereocenters. The fourth-order valence-electron chi connectivity index (χ4n) is 3.51. The molecule has 2 aliphatic rings. The Morgan fingerprint density at radius 3 is 2.50 bits per heavy atom. The summed E-state index contributed by atoms with van der Waals surface area (Å²) in [5.74, 6) is 2.82. The fourth-order valence-corrected chi connectivity index (χ4v) is 3.51. The summed E-state index contributed by atoms with van der Waals surface area (Å²) in [5, 5.41) is 0. The summed E-state index contributed by atoms with van der Waals surface area (Å²) in [6.07, 6.45) is 5.08. The predicted octanol–water partition coefficient (Wildman–Crippen LogP) is 2.58. The Hall–Kier alpha value is -1.16. The lowest BCUT2D eigenvalue weighted by molar-refractivity contribution is 0.282. The summed E-state index contributed by atoms with van der Waals surface area (Å²) in [4.78, 5) is 14.3. The van der Waals surface area contributed by atoms with E-state index in [0.29, 0.717) is 18.0 Å². The van der Waals surface area contributed by atoms with Crippen LogP contribution in [0.25, 0.3) is 0 Å². The maximum atomic E-state index is 4.88. The number of hydrogen-bond acceptors (Lipinski definition) is 4. The van der Waals surface area contributed by atoms with Crippen LogP contribution < -0.4 is 4.90 Å². The van der Waals surface area contributed by atoms with Gasteiger partial charge < -0.3 is 9.80 Å². The highest BCUT2D eigenvalue weighted by Gasteiger charge is 2.33. The molecular formula is C16H26N4. The molecule has 0 aromatic carbocycles. The average Bonchev–Trinajstić information content (AvgIpc) is 2.68. The third kappa shape index (κ3) is 2.41. The van der Waals surface area contributed by atoms with Gasteiger partial charge in [0.2, 0.25) is 0 Å². The molecule has 0 bridgehead atoms. The summed E-state index contributed by atoms with van der Waals surface area (Å²) in [5.41, 5.74) is 1.11. The number of aromatic nitrogens is 2. The van der Waals surface area contributed by atoms with Crippen molar-refractivity contribution in [2.24, 2.45) is 0 Å². The lowest BCUT2D eigenvalue weighted by Gasteiger charge is -2.30. The topological polar surface area (TPSA) is 32.3 Å². The van der Waals surface area contributed by atoms with Gasteiger partial charge in [-0.2, -0.15) is 0 Å². The zero-order valence-corrected chi connectivity index (χ0v) is 13.1. The van der Waals surface area contributed by atoms with E-state index in [0.717, 1.165) is 23.9 Å². The summed E-state index contributed by atoms with van der Waals surface area (Å²) < 4.78 is 0. The molecule has 2 atom stereocenters. The molecule has 2 heterocycles. The van der Waals surface area contributed by atoms with Crippen LogP contribution in [0.1, 0.15) is 50.0 Å². The van der Waals surface area contributed by atoms with Gasteiger partial charge in [0.15, 0.2) is 0 Å². The van der Waals surface area contributed by atoms with Gasteiger partial charge in [0.25, 0.3) is 0 Å². The molecule has 0 spiro atoms. The molecule has 1 aromatic rings. The Morgan fingerprint density at radius 1 is 1.20 bits per heavy atom. The minimum absolute atomic E-state index is 0.522. The van der Waals surface area contributed by atoms with Crippen LogP contribution in [-0.2, 0) is 0 Å². The SMILES string of the molecule is Cc1cc(N2CCC(N(C)C)C2C)nc(C2CCC2)n1. The standard InChI is InChI=1S/C16H26N4/c1-11-10-15(18-16(17-11)13-6-5-7-13)20-9-8-14(12(20)2)19(3)4/h10,12-14H,5-9H2,1-4H3. The molecule has 1 aromatic heterocycles. The van der Waals surface area contributed by atoms with Crippen LogP contribution in [0.4, 0.5) is 5.82 Å². The third-order valence-corrected chi connectivity index (χ3v) is 5.00. The first kappa shape index (κ1) is 13.8. The number of hydrogen-bond donors (Lipinski definition) is 0. The van der Waals surface area contributed by atoms with E-state index in [-0.39, 0.29) is 0 Å². The summed E-state index contributed by atoms with van der Waals surface area (Å²) in [7, 11) is 4.35. The maximum absolute atomic E-state index is 4.88. The first-order chi connectivity index (χ1) is 9.56. The Kier molecular flexibility index (Phi) is 3.67. The Morgan fingerprint density at radius 2 is 1.95 bits per heavy atom. The molecule has 0 N–H and O–H groups in total. The van der Waals surface area contributed by atoms with E-state index in [9.17, 15) is 0 Å². The second kappa shape index (κ2) is 5.32. The van der Waals surface area contributed by atoms with Gasteiger partial charge in [-0.15, -0.1) is 0 Å². The average molecular weight is 274 g/mol. The van der Waals surface area contributed by atoms with Gasteiger partial charge in [-0.1, -0.05) is 6.42 Å². The molecular weight excluding hydrogens is 248 g/mol. The number of nitrogens with zero attached hydrogens (tertiary/aromatic N) is 4. The predicted molar refractivity (Wildman–Crippen MR) is 82.3 cm³/mol. The van der Waals surface area contributed by atoms with E-state index in [1.807, 2.05) is 0 Å². The van der Waals surface area contributed by atoms with Gasteiger partial charge in [-0.3, -0.25) is 0 Å². The van der Waals surface area contributed by atoms with Crippen LogP contribution in [-0.4, -0.2) is 47.6 Å². The minimum Gasteiger partial charge on any atom is -0.352 e. The Labute approximate surface area is 122 Å². The molecule has 1 aliphatic carbocycles. The molecule has 110 valence electrons. The highest BCUT2D eigenvalue weighted by atomic mass is 15.3. The Bertz CT molecular complexity index is 481. The van der Waals surface area contributed by atoms with Gasteiger partial charge in [-0.25, -0.2) is 9.97 Å². The van der Waals surface area contributed by atoms with E-state index in [1.165, 1.54) is 25.7 Å². The van der Waals surface area contributed by atoms with Crippen molar-refractivity contribution in [1.82, 2.24) is 14.9 Å². The number of likely N-dealkylation sites (N-methyl/N-ethyl adjacent to an activating group) is 1. The van der Waals surface area contributed by atoms with E-state index >= 15 is 0 Å². The van der Waals surface area contributed by atoms with Crippen molar-refractivity contribution < 1.29 is 0 Å². The Balaban J connectivity index is 1.85. The van der Waals surface area contributed by atoms with E-state index in [2.05, 4.69) is 48.8 Å².